The van der Waals surface area contributed by atoms with E-state index in [0.29, 0.717) is 5.69 Å². The lowest BCUT2D eigenvalue weighted by molar-refractivity contribution is 0.0950. The molecule has 2 heterocycles. The van der Waals surface area contributed by atoms with E-state index in [1.807, 2.05) is 6.92 Å². The highest BCUT2D eigenvalue weighted by Crippen LogP contribution is 2.16. The lowest BCUT2D eigenvalue weighted by Gasteiger charge is -2.06. The van der Waals surface area contributed by atoms with Crippen LogP contribution in [0.25, 0.3) is 0 Å². The number of hydrogen-bond donors (Lipinski definition) is 1. The van der Waals surface area contributed by atoms with Crippen LogP contribution in [0.2, 0.25) is 0 Å². The van der Waals surface area contributed by atoms with E-state index in [9.17, 15) is 13.2 Å². The van der Waals surface area contributed by atoms with E-state index in [0.717, 1.165) is 9.54 Å². The van der Waals surface area contributed by atoms with Crippen LogP contribution in [0.15, 0.2) is 66.2 Å². The molecule has 0 aliphatic rings. The topological polar surface area (TPSA) is 94.0 Å². The summed E-state index contributed by atoms with van der Waals surface area (Å²) in [5, 5.41) is 2.68. The number of nitrogens with zero attached hydrogens (tertiary/aromatic N) is 3. The highest BCUT2D eigenvalue weighted by molar-refractivity contribution is 7.90. The van der Waals surface area contributed by atoms with Crippen LogP contribution < -0.4 is 5.32 Å². The highest BCUT2D eigenvalue weighted by Gasteiger charge is 2.18. The zero-order chi connectivity index (χ0) is 17.9. The first-order valence-electron chi connectivity index (χ1n) is 7.50. The van der Waals surface area contributed by atoms with Crippen molar-refractivity contribution in [2.45, 2.75) is 18.4 Å². The minimum absolute atomic E-state index is 0.167. The Bertz CT molecular complexity index is 980. The Morgan fingerprint density at radius 3 is 2.60 bits per heavy atom. The zero-order valence-corrected chi connectivity index (χ0v) is 14.3. The molecule has 0 spiro atoms. The van der Waals surface area contributed by atoms with Crippen LogP contribution in [-0.4, -0.2) is 28.3 Å². The summed E-state index contributed by atoms with van der Waals surface area (Å²) in [6.07, 6.45) is 7.27. The second-order valence-electron chi connectivity index (χ2n) is 5.43. The molecule has 1 aromatic carbocycles. The van der Waals surface area contributed by atoms with Crippen molar-refractivity contribution >= 4 is 15.9 Å². The van der Waals surface area contributed by atoms with Crippen molar-refractivity contribution in [3.05, 3.63) is 78.1 Å². The second kappa shape index (κ2) is 6.86. The summed E-state index contributed by atoms with van der Waals surface area (Å²) >= 11 is 0. The van der Waals surface area contributed by atoms with Gasteiger partial charge in [-0.2, -0.15) is 0 Å². The standard InChI is InChI=1S/C17H16N4O3S/c1-13-2-4-16(5-3-13)25(23,24)21-9-6-14(12-21)17(22)20-11-15-10-18-7-8-19-15/h2-10,12H,11H2,1H3,(H,20,22). The fourth-order valence-corrected chi connectivity index (χ4v) is 3.38. The smallest absolute Gasteiger partial charge is 0.267 e. The number of aryl methyl sites for hydroxylation is 1. The molecule has 3 aromatic rings. The van der Waals surface area contributed by atoms with Gasteiger partial charge >= 0.3 is 0 Å². The molecule has 128 valence electrons. The zero-order valence-electron chi connectivity index (χ0n) is 13.5. The molecule has 0 radical (unpaired) electrons. The van der Waals surface area contributed by atoms with E-state index in [1.54, 1.807) is 36.7 Å². The molecular weight excluding hydrogens is 340 g/mol. The van der Waals surface area contributed by atoms with Gasteiger partial charge in [0, 0.05) is 24.8 Å². The normalized spacial score (nSPS) is 11.2. The van der Waals surface area contributed by atoms with Gasteiger partial charge in [0.25, 0.3) is 15.9 Å². The monoisotopic (exact) mass is 356 g/mol. The fourth-order valence-electron chi connectivity index (χ4n) is 2.19. The van der Waals surface area contributed by atoms with Crippen molar-refractivity contribution in [3.8, 4) is 0 Å². The number of nitrogens with one attached hydrogen (secondary N) is 1. The van der Waals surface area contributed by atoms with Crippen molar-refractivity contribution in [2.75, 3.05) is 0 Å². The Balaban J connectivity index is 1.75. The van der Waals surface area contributed by atoms with Crippen LogP contribution in [0, 0.1) is 6.92 Å². The molecule has 0 saturated carbocycles. The van der Waals surface area contributed by atoms with Crippen LogP contribution in [0.1, 0.15) is 21.6 Å². The maximum atomic E-state index is 12.6. The number of carbonyl (C=O) groups is 1. The Kier molecular flexibility index (Phi) is 4.62. The maximum absolute atomic E-state index is 12.6. The summed E-state index contributed by atoms with van der Waals surface area (Å²) in [7, 11) is -3.72. The van der Waals surface area contributed by atoms with E-state index in [-0.39, 0.29) is 22.9 Å². The van der Waals surface area contributed by atoms with Crippen molar-refractivity contribution in [3.63, 3.8) is 0 Å². The predicted molar refractivity (Wildman–Crippen MR) is 91.4 cm³/mol. The van der Waals surface area contributed by atoms with Crippen LogP contribution in [0.3, 0.4) is 0 Å². The Hall–Kier alpha value is -3.00. The molecule has 0 bridgehead atoms. The number of benzene rings is 1. The first-order chi connectivity index (χ1) is 12.0. The van der Waals surface area contributed by atoms with Gasteiger partial charge in [-0.05, 0) is 25.1 Å². The Morgan fingerprint density at radius 2 is 1.92 bits per heavy atom. The highest BCUT2D eigenvalue weighted by atomic mass is 32.2. The summed E-state index contributed by atoms with van der Waals surface area (Å²) < 4.78 is 26.2. The van der Waals surface area contributed by atoms with Gasteiger partial charge in [0.1, 0.15) is 0 Å². The van der Waals surface area contributed by atoms with Gasteiger partial charge in [-0.3, -0.25) is 14.8 Å². The van der Waals surface area contributed by atoms with Crippen molar-refractivity contribution in [1.29, 1.82) is 0 Å². The lowest BCUT2D eigenvalue weighted by Crippen LogP contribution is -2.23. The van der Waals surface area contributed by atoms with Crippen LogP contribution in [0.4, 0.5) is 0 Å². The van der Waals surface area contributed by atoms with Gasteiger partial charge in [0.05, 0.1) is 28.9 Å². The number of rotatable bonds is 5. The van der Waals surface area contributed by atoms with Gasteiger partial charge < -0.3 is 5.32 Å². The largest absolute Gasteiger partial charge is 0.346 e. The SMILES string of the molecule is Cc1ccc(S(=O)(=O)n2ccc(C(=O)NCc3cnccn3)c2)cc1. The summed E-state index contributed by atoms with van der Waals surface area (Å²) in [6.45, 7) is 2.09. The molecule has 7 nitrogen and oxygen atoms in total. The molecule has 0 fully saturated rings. The number of aromatic nitrogens is 3. The fraction of sp³-hybridized carbons (Fsp3) is 0.118. The lowest BCUT2D eigenvalue weighted by atomic mass is 10.2. The number of amides is 1. The minimum atomic E-state index is -3.72. The Labute approximate surface area is 145 Å². The van der Waals surface area contributed by atoms with Crippen molar-refractivity contribution in [2.24, 2.45) is 0 Å². The molecule has 3 rings (SSSR count). The van der Waals surface area contributed by atoms with Crippen molar-refractivity contribution in [1.82, 2.24) is 19.3 Å². The predicted octanol–water partition coefficient (Wildman–Crippen LogP) is 1.75. The molecule has 25 heavy (non-hydrogen) atoms. The first kappa shape index (κ1) is 16.8. The molecule has 1 amide bonds. The van der Waals surface area contributed by atoms with Gasteiger partial charge in [-0.25, -0.2) is 12.4 Å². The van der Waals surface area contributed by atoms with Crippen LogP contribution >= 0.6 is 0 Å². The molecular formula is C17H16N4O3S. The number of carbonyl (C=O) groups excluding carboxylic acids is 1. The van der Waals surface area contributed by atoms with E-state index in [1.165, 1.54) is 24.7 Å². The Morgan fingerprint density at radius 1 is 1.16 bits per heavy atom. The average Bonchev–Trinajstić information content (AvgIpc) is 3.12. The van der Waals surface area contributed by atoms with Gasteiger partial charge in [-0.15, -0.1) is 0 Å². The van der Waals surface area contributed by atoms with Crippen molar-refractivity contribution < 1.29 is 13.2 Å². The van der Waals surface area contributed by atoms with Gasteiger partial charge in [0.15, 0.2) is 0 Å². The van der Waals surface area contributed by atoms with Crippen LogP contribution in [0.5, 0.6) is 0 Å². The summed E-state index contributed by atoms with van der Waals surface area (Å²) in [6, 6.07) is 7.99. The molecule has 8 heteroatoms. The van der Waals surface area contributed by atoms with E-state index >= 15 is 0 Å². The summed E-state index contributed by atoms with van der Waals surface area (Å²) in [5.41, 5.74) is 1.83. The first-order valence-corrected chi connectivity index (χ1v) is 8.94. The molecule has 0 aliphatic heterocycles. The molecule has 0 saturated heterocycles. The molecule has 1 N–H and O–H groups in total. The van der Waals surface area contributed by atoms with E-state index < -0.39 is 10.0 Å². The average molecular weight is 356 g/mol. The molecule has 0 unspecified atom stereocenters. The molecule has 0 atom stereocenters. The number of hydrogen-bond acceptors (Lipinski definition) is 5. The summed E-state index contributed by atoms with van der Waals surface area (Å²) in [5.74, 6) is -0.386. The molecule has 0 aliphatic carbocycles. The quantitative estimate of drug-likeness (QED) is 0.752. The summed E-state index contributed by atoms with van der Waals surface area (Å²) in [4.78, 5) is 20.3. The minimum Gasteiger partial charge on any atom is -0.346 e. The van der Waals surface area contributed by atoms with Gasteiger partial charge in [-0.1, -0.05) is 17.7 Å². The van der Waals surface area contributed by atoms with Crippen LogP contribution in [-0.2, 0) is 16.6 Å². The molecule has 2 aromatic heterocycles. The third-order valence-corrected chi connectivity index (χ3v) is 5.22. The third kappa shape index (κ3) is 3.74. The van der Waals surface area contributed by atoms with E-state index in [4.69, 9.17) is 0 Å². The van der Waals surface area contributed by atoms with Gasteiger partial charge in [0.2, 0.25) is 0 Å². The second-order valence-corrected chi connectivity index (χ2v) is 7.27. The third-order valence-electron chi connectivity index (χ3n) is 3.57. The maximum Gasteiger partial charge on any atom is 0.267 e. The van der Waals surface area contributed by atoms with E-state index in [2.05, 4.69) is 15.3 Å².